The number of hydrogen-bond acceptors (Lipinski definition) is 3. The Bertz CT molecular complexity index is 431. The minimum absolute atomic E-state index is 0.00952. The third-order valence-corrected chi connectivity index (χ3v) is 4.56. The minimum Gasteiger partial charge on any atom is -0.550 e. The van der Waals surface area contributed by atoms with Crippen LogP contribution in [0.15, 0.2) is 11.1 Å². The topological polar surface area (TPSA) is 69.2 Å². The molecule has 0 saturated heterocycles. The predicted octanol–water partition coefficient (Wildman–Crippen LogP) is 1.65. The number of carbonyl (C=O) groups is 2. The summed E-state index contributed by atoms with van der Waals surface area (Å²) >= 11 is 0. The highest BCUT2D eigenvalue weighted by molar-refractivity contribution is 5.85. The number of hydrogen-bond donors (Lipinski definition) is 1. The van der Waals surface area contributed by atoms with Crippen LogP contribution in [0.4, 0.5) is 0 Å². The molecule has 0 fully saturated rings. The van der Waals surface area contributed by atoms with Gasteiger partial charge in [-0.2, -0.15) is 0 Å². The highest BCUT2D eigenvalue weighted by Crippen LogP contribution is 2.34. The summed E-state index contributed by atoms with van der Waals surface area (Å²) in [4.78, 5) is 23.7. The smallest absolute Gasteiger partial charge is 0.224 e. The first-order valence-electron chi connectivity index (χ1n) is 7.20. The Labute approximate surface area is 121 Å². The maximum atomic E-state index is 12.4. The Balaban J connectivity index is 2.87. The van der Waals surface area contributed by atoms with Gasteiger partial charge in [0.25, 0.3) is 0 Å². The standard InChI is InChI=1S/C16H27NO3/c1-9-7-12(13(15(19)20)8-10(9)2)14(18)17-11(3)16(4,5)6/h11-13H,7-8H2,1-6H3,(H,17,18)(H,19,20)/p-1/t11-,12-,13+/m0/s1. The molecule has 4 nitrogen and oxygen atoms in total. The normalized spacial score (nSPS) is 25.3. The molecule has 0 aromatic rings. The molecular formula is C16H26NO3-. The van der Waals surface area contributed by atoms with Crippen molar-refractivity contribution >= 4 is 11.9 Å². The fourth-order valence-electron chi connectivity index (χ4n) is 2.35. The van der Waals surface area contributed by atoms with E-state index in [0.29, 0.717) is 12.8 Å². The van der Waals surface area contributed by atoms with E-state index >= 15 is 0 Å². The Kier molecular flexibility index (Phi) is 5.00. The maximum absolute atomic E-state index is 12.4. The SMILES string of the molecule is CC1=C(C)C[C@@H](C(=O)[O-])[C@@H](C(=O)N[C@@H](C)C(C)(C)C)C1. The van der Waals surface area contributed by atoms with E-state index in [9.17, 15) is 14.7 Å². The number of rotatable bonds is 3. The van der Waals surface area contributed by atoms with Gasteiger partial charge in [-0.25, -0.2) is 0 Å². The van der Waals surface area contributed by atoms with Crippen molar-refractivity contribution in [2.24, 2.45) is 17.3 Å². The van der Waals surface area contributed by atoms with E-state index in [0.717, 1.165) is 11.1 Å². The average Bonchev–Trinajstić information content (AvgIpc) is 2.30. The number of allylic oxidation sites excluding steroid dienone is 2. The molecule has 0 bridgehead atoms. The van der Waals surface area contributed by atoms with E-state index in [4.69, 9.17) is 0 Å². The van der Waals surface area contributed by atoms with Crippen LogP contribution < -0.4 is 10.4 Å². The molecule has 1 aliphatic rings. The molecule has 114 valence electrons. The molecule has 1 aliphatic carbocycles. The first kappa shape index (κ1) is 16.7. The van der Waals surface area contributed by atoms with Gasteiger partial charge in [-0.05, 0) is 39.0 Å². The van der Waals surface area contributed by atoms with Gasteiger partial charge in [-0.15, -0.1) is 0 Å². The summed E-state index contributed by atoms with van der Waals surface area (Å²) in [6.07, 6.45) is 0.920. The van der Waals surface area contributed by atoms with Gasteiger partial charge in [0.1, 0.15) is 0 Å². The fourth-order valence-corrected chi connectivity index (χ4v) is 2.35. The van der Waals surface area contributed by atoms with E-state index in [1.807, 2.05) is 41.5 Å². The van der Waals surface area contributed by atoms with Crippen LogP contribution in [0.3, 0.4) is 0 Å². The summed E-state index contributed by atoms with van der Waals surface area (Å²) in [7, 11) is 0. The van der Waals surface area contributed by atoms with E-state index in [-0.39, 0.29) is 17.4 Å². The predicted molar refractivity (Wildman–Crippen MR) is 76.7 cm³/mol. The van der Waals surface area contributed by atoms with Crippen LogP contribution in [-0.4, -0.2) is 17.9 Å². The van der Waals surface area contributed by atoms with Crippen molar-refractivity contribution in [3.05, 3.63) is 11.1 Å². The van der Waals surface area contributed by atoms with E-state index in [1.54, 1.807) is 0 Å². The zero-order chi connectivity index (χ0) is 15.7. The first-order chi connectivity index (χ1) is 9.04. The molecular weight excluding hydrogens is 254 g/mol. The zero-order valence-electron chi connectivity index (χ0n) is 13.4. The first-order valence-corrected chi connectivity index (χ1v) is 7.20. The summed E-state index contributed by atoms with van der Waals surface area (Å²) in [5, 5.41) is 14.2. The summed E-state index contributed by atoms with van der Waals surface area (Å²) in [5.41, 5.74) is 2.13. The lowest BCUT2D eigenvalue weighted by molar-refractivity contribution is -0.313. The molecule has 20 heavy (non-hydrogen) atoms. The summed E-state index contributed by atoms with van der Waals surface area (Å²) in [5.74, 6) is -2.53. The van der Waals surface area contributed by atoms with Gasteiger partial charge >= 0.3 is 0 Å². The van der Waals surface area contributed by atoms with Gasteiger partial charge in [-0.1, -0.05) is 31.9 Å². The lowest BCUT2D eigenvalue weighted by Gasteiger charge is -2.35. The van der Waals surface area contributed by atoms with Crippen LogP contribution in [0.2, 0.25) is 0 Å². The zero-order valence-corrected chi connectivity index (χ0v) is 13.4. The van der Waals surface area contributed by atoms with Gasteiger partial charge in [-0.3, -0.25) is 4.79 Å². The molecule has 3 atom stereocenters. The largest absolute Gasteiger partial charge is 0.550 e. The second-order valence-corrected chi connectivity index (χ2v) is 7.10. The van der Waals surface area contributed by atoms with Crippen LogP contribution in [0.25, 0.3) is 0 Å². The van der Waals surface area contributed by atoms with Crippen molar-refractivity contribution in [2.45, 2.75) is 60.4 Å². The Morgan fingerprint density at radius 3 is 2.00 bits per heavy atom. The summed E-state index contributed by atoms with van der Waals surface area (Å²) < 4.78 is 0. The van der Waals surface area contributed by atoms with Crippen LogP contribution in [0, 0.1) is 17.3 Å². The molecule has 4 heteroatoms. The highest BCUT2D eigenvalue weighted by Gasteiger charge is 2.35. The Morgan fingerprint density at radius 1 is 1.15 bits per heavy atom. The fraction of sp³-hybridized carbons (Fsp3) is 0.750. The van der Waals surface area contributed by atoms with Gasteiger partial charge in [0.05, 0.1) is 0 Å². The molecule has 0 heterocycles. The van der Waals surface area contributed by atoms with Gasteiger partial charge in [0, 0.05) is 23.8 Å². The second kappa shape index (κ2) is 5.98. The molecule has 0 radical (unpaired) electrons. The second-order valence-electron chi connectivity index (χ2n) is 7.10. The molecule has 1 rings (SSSR count). The third-order valence-electron chi connectivity index (χ3n) is 4.56. The maximum Gasteiger partial charge on any atom is 0.224 e. The van der Waals surface area contributed by atoms with E-state index < -0.39 is 17.8 Å². The average molecular weight is 280 g/mol. The minimum atomic E-state index is -1.12. The van der Waals surface area contributed by atoms with Crippen LogP contribution in [0.1, 0.15) is 54.4 Å². The van der Waals surface area contributed by atoms with Gasteiger partial charge < -0.3 is 15.2 Å². The van der Waals surface area contributed by atoms with Crippen molar-refractivity contribution in [1.29, 1.82) is 0 Å². The summed E-state index contributed by atoms with van der Waals surface area (Å²) in [6, 6.07) is -0.00952. The number of aliphatic carboxylic acids is 1. The number of nitrogens with one attached hydrogen (secondary N) is 1. The van der Waals surface area contributed by atoms with Crippen molar-refractivity contribution in [3.8, 4) is 0 Å². The number of amides is 1. The molecule has 0 saturated carbocycles. The summed E-state index contributed by atoms with van der Waals surface area (Å²) in [6.45, 7) is 12.0. The van der Waals surface area contributed by atoms with Crippen molar-refractivity contribution in [3.63, 3.8) is 0 Å². The van der Waals surface area contributed by atoms with E-state index in [1.165, 1.54) is 0 Å². The molecule has 0 unspecified atom stereocenters. The number of carboxylic acid groups (broad SMARTS) is 1. The number of carbonyl (C=O) groups excluding carboxylic acids is 2. The quantitative estimate of drug-likeness (QED) is 0.799. The van der Waals surface area contributed by atoms with E-state index in [2.05, 4.69) is 5.32 Å². The lowest BCUT2D eigenvalue weighted by Crippen LogP contribution is -2.49. The monoisotopic (exact) mass is 280 g/mol. The van der Waals surface area contributed by atoms with Gasteiger partial charge in [0.15, 0.2) is 0 Å². The number of carboxylic acids is 1. The molecule has 1 N–H and O–H groups in total. The van der Waals surface area contributed by atoms with Crippen molar-refractivity contribution in [1.82, 2.24) is 5.32 Å². The molecule has 1 amide bonds. The van der Waals surface area contributed by atoms with Crippen LogP contribution in [-0.2, 0) is 9.59 Å². The third kappa shape index (κ3) is 3.84. The molecule has 0 aliphatic heterocycles. The molecule has 0 aromatic carbocycles. The highest BCUT2D eigenvalue weighted by atomic mass is 16.4. The van der Waals surface area contributed by atoms with Crippen LogP contribution in [0.5, 0.6) is 0 Å². The van der Waals surface area contributed by atoms with Crippen LogP contribution >= 0.6 is 0 Å². The molecule has 0 aromatic heterocycles. The van der Waals surface area contributed by atoms with Crippen molar-refractivity contribution in [2.75, 3.05) is 0 Å². The Morgan fingerprint density at radius 2 is 1.60 bits per heavy atom. The van der Waals surface area contributed by atoms with Gasteiger partial charge in [0.2, 0.25) is 5.91 Å². The Hall–Kier alpha value is -1.32. The lowest BCUT2D eigenvalue weighted by atomic mass is 9.75. The van der Waals surface area contributed by atoms with Crippen molar-refractivity contribution < 1.29 is 14.7 Å². The molecule has 0 spiro atoms.